The van der Waals surface area contributed by atoms with Crippen LogP contribution in [0.15, 0.2) is 54.7 Å². The normalized spacial score (nSPS) is 11.0. The summed E-state index contributed by atoms with van der Waals surface area (Å²) in [7, 11) is 0. The number of nitrogens with zero attached hydrogens (tertiary/aromatic N) is 4. The molecule has 0 aliphatic carbocycles. The summed E-state index contributed by atoms with van der Waals surface area (Å²) in [6.07, 6.45) is 1.80. The molecule has 2 N–H and O–H groups in total. The van der Waals surface area contributed by atoms with E-state index in [4.69, 9.17) is 5.11 Å². The van der Waals surface area contributed by atoms with Crippen LogP contribution in [0.4, 0.5) is 0 Å². The molecule has 2 heterocycles. The predicted octanol–water partition coefficient (Wildman–Crippen LogP) is 2.44. The highest BCUT2D eigenvalue weighted by Crippen LogP contribution is 2.24. The maximum atomic E-state index is 10.7. The molecule has 0 saturated carbocycles. The number of carboxylic acid groups (broad SMARTS) is 1. The molecule has 118 valence electrons. The highest BCUT2D eigenvalue weighted by atomic mass is 16.4. The van der Waals surface area contributed by atoms with E-state index in [2.05, 4.69) is 20.5 Å². The molecule has 0 radical (unpaired) electrons. The van der Waals surface area contributed by atoms with Crippen molar-refractivity contribution in [2.45, 2.75) is 6.42 Å². The number of carboxylic acids is 1. The van der Waals surface area contributed by atoms with Crippen molar-refractivity contribution in [2.24, 2.45) is 0 Å². The molecule has 24 heavy (non-hydrogen) atoms. The minimum atomic E-state index is -0.851. The van der Waals surface area contributed by atoms with E-state index in [-0.39, 0.29) is 6.42 Å². The lowest BCUT2D eigenvalue weighted by molar-refractivity contribution is -0.136. The Morgan fingerprint density at radius 1 is 1.12 bits per heavy atom. The van der Waals surface area contributed by atoms with E-state index in [9.17, 15) is 4.79 Å². The fourth-order valence-electron chi connectivity index (χ4n) is 2.60. The highest BCUT2D eigenvalue weighted by molar-refractivity contribution is 5.91. The van der Waals surface area contributed by atoms with E-state index in [0.29, 0.717) is 5.69 Å². The largest absolute Gasteiger partial charge is 0.481 e. The van der Waals surface area contributed by atoms with Gasteiger partial charge in [0.15, 0.2) is 0 Å². The summed E-state index contributed by atoms with van der Waals surface area (Å²) >= 11 is 0. The van der Waals surface area contributed by atoms with Gasteiger partial charge in [-0.3, -0.25) is 9.89 Å². The topological polar surface area (TPSA) is 96.7 Å². The van der Waals surface area contributed by atoms with Gasteiger partial charge in [-0.25, -0.2) is 4.68 Å². The number of fused-ring (bicyclic) bond motifs is 1. The molecule has 0 bridgehead atoms. The summed E-state index contributed by atoms with van der Waals surface area (Å²) in [6, 6.07) is 15.0. The van der Waals surface area contributed by atoms with E-state index in [0.717, 1.165) is 27.8 Å². The summed E-state index contributed by atoms with van der Waals surface area (Å²) in [4.78, 5) is 10.7. The quantitative estimate of drug-likeness (QED) is 0.602. The van der Waals surface area contributed by atoms with E-state index in [1.165, 1.54) is 0 Å². The smallest absolute Gasteiger partial charge is 0.307 e. The summed E-state index contributed by atoms with van der Waals surface area (Å²) in [5, 5.41) is 25.4. The lowest BCUT2D eigenvalue weighted by Crippen LogP contribution is -2.00. The number of aromatic amines is 1. The molecule has 0 spiro atoms. The monoisotopic (exact) mass is 319 g/mol. The highest BCUT2D eigenvalue weighted by Gasteiger charge is 2.12. The molecule has 0 atom stereocenters. The lowest BCUT2D eigenvalue weighted by atomic mass is 10.1. The van der Waals surface area contributed by atoms with E-state index >= 15 is 0 Å². The Balaban J connectivity index is 1.66. The predicted molar refractivity (Wildman–Crippen MR) is 87.8 cm³/mol. The molecule has 2 aromatic heterocycles. The number of aliphatic carboxylic acids is 1. The molecule has 0 aliphatic heterocycles. The van der Waals surface area contributed by atoms with Crippen LogP contribution >= 0.6 is 0 Å². The van der Waals surface area contributed by atoms with Crippen molar-refractivity contribution in [3.8, 4) is 17.1 Å². The minimum Gasteiger partial charge on any atom is -0.481 e. The Hall–Kier alpha value is -3.48. The van der Waals surface area contributed by atoms with Crippen molar-refractivity contribution in [2.75, 3.05) is 0 Å². The average Bonchev–Trinajstić information content (AvgIpc) is 3.21. The summed E-state index contributed by atoms with van der Waals surface area (Å²) in [5.74, 6) is -0.851. The SMILES string of the molecule is O=C(O)Cc1ccc(-n2cc(-c3n[nH]c4ccccc34)nn2)cc1. The summed E-state index contributed by atoms with van der Waals surface area (Å²) < 4.78 is 1.64. The van der Waals surface area contributed by atoms with Gasteiger partial charge in [0.2, 0.25) is 0 Å². The second kappa shape index (κ2) is 5.62. The van der Waals surface area contributed by atoms with Gasteiger partial charge in [0, 0.05) is 5.39 Å². The van der Waals surface area contributed by atoms with Crippen molar-refractivity contribution in [3.05, 3.63) is 60.3 Å². The van der Waals surface area contributed by atoms with Gasteiger partial charge in [0.25, 0.3) is 0 Å². The minimum absolute atomic E-state index is 0.00213. The van der Waals surface area contributed by atoms with E-state index in [1.807, 2.05) is 36.4 Å². The second-order valence-corrected chi connectivity index (χ2v) is 5.40. The van der Waals surface area contributed by atoms with Gasteiger partial charge >= 0.3 is 5.97 Å². The molecule has 0 aliphatic rings. The van der Waals surface area contributed by atoms with Crippen LogP contribution in [0.25, 0.3) is 28.0 Å². The Labute approximate surface area is 136 Å². The molecule has 0 unspecified atom stereocenters. The number of nitrogens with one attached hydrogen (secondary N) is 1. The van der Waals surface area contributed by atoms with Crippen molar-refractivity contribution >= 4 is 16.9 Å². The summed E-state index contributed by atoms with van der Waals surface area (Å²) in [5.41, 5.74) is 3.91. The third-order valence-corrected chi connectivity index (χ3v) is 3.76. The van der Waals surface area contributed by atoms with E-state index in [1.54, 1.807) is 23.0 Å². The molecule has 4 rings (SSSR count). The van der Waals surface area contributed by atoms with Crippen LogP contribution in [0, 0.1) is 0 Å². The zero-order valence-corrected chi connectivity index (χ0v) is 12.5. The van der Waals surface area contributed by atoms with Crippen LogP contribution in [-0.2, 0) is 11.2 Å². The fourth-order valence-corrected chi connectivity index (χ4v) is 2.60. The Morgan fingerprint density at radius 3 is 2.71 bits per heavy atom. The van der Waals surface area contributed by atoms with Crippen molar-refractivity contribution in [3.63, 3.8) is 0 Å². The van der Waals surface area contributed by atoms with Crippen LogP contribution < -0.4 is 0 Å². The number of carbonyl (C=O) groups is 1. The van der Waals surface area contributed by atoms with Crippen molar-refractivity contribution in [1.82, 2.24) is 25.2 Å². The number of rotatable bonds is 4. The third-order valence-electron chi connectivity index (χ3n) is 3.76. The fraction of sp³-hybridized carbons (Fsp3) is 0.0588. The van der Waals surface area contributed by atoms with Crippen LogP contribution in [-0.4, -0.2) is 36.3 Å². The zero-order valence-electron chi connectivity index (χ0n) is 12.5. The molecular formula is C17H13N5O2. The number of H-pyrrole nitrogens is 1. The molecule has 4 aromatic rings. The first-order valence-corrected chi connectivity index (χ1v) is 7.37. The molecular weight excluding hydrogens is 306 g/mol. The first-order chi connectivity index (χ1) is 11.7. The van der Waals surface area contributed by atoms with Gasteiger partial charge in [-0.05, 0) is 23.8 Å². The van der Waals surface area contributed by atoms with Gasteiger partial charge < -0.3 is 5.11 Å². The van der Waals surface area contributed by atoms with Crippen LogP contribution in [0.5, 0.6) is 0 Å². The van der Waals surface area contributed by atoms with Gasteiger partial charge in [-0.1, -0.05) is 35.5 Å². The number of para-hydroxylation sites is 1. The summed E-state index contributed by atoms with van der Waals surface area (Å²) in [6.45, 7) is 0. The molecule has 7 nitrogen and oxygen atoms in total. The van der Waals surface area contributed by atoms with Crippen molar-refractivity contribution < 1.29 is 9.90 Å². The van der Waals surface area contributed by atoms with Gasteiger partial charge in [0.05, 0.1) is 23.8 Å². The number of benzene rings is 2. The second-order valence-electron chi connectivity index (χ2n) is 5.40. The van der Waals surface area contributed by atoms with Gasteiger partial charge in [-0.15, -0.1) is 5.10 Å². The first-order valence-electron chi connectivity index (χ1n) is 7.37. The Bertz CT molecular complexity index is 1020. The van der Waals surface area contributed by atoms with E-state index < -0.39 is 5.97 Å². The molecule has 0 fully saturated rings. The Kier molecular flexibility index (Phi) is 3.31. The zero-order chi connectivity index (χ0) is 16.5. The first kappa shape index (κ1) is 14.1. The molecule has 7 heteroatoms. The number of aromatic nitrogens is 5. The maximum absolute atomic E-state index is 10.7. The Morgan fingerprint density at radius 2 is 1.92 bits per heavy atom. The van der Waals surface area contributed by atoms with Crippen LogP contribution in [0.1, 0.15) is 5.56 Å². The number of hydrogen-bond acceptors (Lipinski definition) is 4. The van der Waals surface area contributed by atoms with Crippen LogP contribution in [0.2, 0.25) is 0 Å². The van der Waals surface area contributed by atoms with Gasteiger partial charge in [0.1, 0.15) is 11.4 Å². The standard InChI is InChI=1S/C17H13N5O2/c23-16(24)9-11-5-7-12(8-6-11)22-10-15(19-21-22)17-13-3-1-2-4-14(13)18-20-17/h1-8,10H,9H2,(H,18,20)(H,23,24). The van der Waals surface area contributed by atoms with Gasteiger partial charge in [-0.2, -0.15) is 5.10 Å². The molecule has 2 aromatic carbocycles. The lowest BCUT2D eigenvalue weighted by Gasteiger charge is -2.01. The average molecular weight is 319 g/mol. The third kappa shape index (κ3) is 2.52. The van der Waals surface area contributed by atoms with Crippen LogP contribution in [0.3, 0.4) is 0 Å². The molecule has 0 amide bonds. The number of hydrogen-bond donors (Lipinski definition) is 2. The maximum Gasteiger partial charge on any atom is 0.307 e. The molecule has 0 saturated heterocycles. The van der Waals surface area contributed by atoms with Crippen molar-refractivity contribution in [1.29, 1.82) is 0 Å².